The first-order chi connectivity index (χ1) is 9.83. The molecule has 0 amide bonds. The fourth-order valence-electron chi connectivity index (χ4n) is 1.80. The lowest BCUT2D eigenvalue weighted by Gasteiger charge is -2.19. The van der Waals surface area contributed by atoms with Crippen molar-refractivity contribution in [2.45, 2.75) is 46.8 Å². The third kappa shape index (κ3) is 6.74. The van der Waals surface area contributed by atoms with Gasteiger partial charge in [-0.25, -0.2) is 0 Å². The second-order valence-electron chi connectivity index (χ2n) is 5.83. The van der Waals surface area contributed by atoms with Gasteiger partial charge in [0.25, 0.3) is 0 Å². The Kier molecular flexibility index (Phi) is 6.85. The SMILES string of the molecule is CCOc1ccc(C(C)=O)cc1COCCOC(C)(C)C. The Labute approximate surface area is 127 Å². The van der Waals surface area contributed by atoms with Crippen LogP contribution >= 0.6 is 0 Å². The van der Waals surface area contributed by atoms with Crippen molar-refractivity contribution in [1.29, 1.82) is 0 Å². The first-order valence-electron chi connectivity index (χ1n) is 7.32. The van der Waals surface area contributed by atoms with E-state index in [2.05, 4.69) is 0 Å². The summed E-state index contributed by atoms with van der Waals surface area (Å²) in [4.78, 5) is 11.5. The number of hydrogen-bond donors (Lipinski definition) is 0. The van der Waals surface area contributed by atoms with Crippen molar-refractivity contribution in [3.63, 3.8) is 0 Å². The van der Waals surface area contributed by atoms with Crippen molar-refractivity contribution < 1.29 is 19.0 Å². The topological polar surface area (TPSA) is 44.8 Å². The minimum atomic E-state index is -0.158. The molecule has 0 bridgehead atoms. The fraction of sp³-hybridized carbons (Fsp3) is 0.588. The van der Waals surface area contributed by atoms with Gasteiger partial charge in [-0.15, -0.1) is 0 Å². The summed E-state index contributed by atoms with van der Waals surface area (Å²) in [5.74, 6) is 0.801. The Bertz CT molecular complexity index is 460. The van der Waals surface area contributed by atoms with Crippen molar-refractivity contribution in [1.82, 2.24) is 0 Å². The van der Waals surface area contributed by atoms with Crippen molar-refractivity contribution in [3.05, 3.63) is 29.3 Å². The fourth-order valence-corrected chi connectivity index (χ4v) is 1.80. The second-order valence-corrected chi connectivity index (χ2v) is 5.83. The quantitative estimate of drug-likeness (QED) is 0.542. The van der Waals surface area contributed by atoms with Crippen LogP contribution in [0.25, 0.3) is 0 Å². The van der Waals surface area contributed by atoms with Crippen molar-refractivity contribution >= 4 is 5.78 Å². The molecule has 0 fully saturated rings. The summed E-state index contributed by atoms with van der Waals surface area (Å²) in [5, 5.41) is 0. The predicted molar refractivity (Wildman–Crippen MR) is 83.0 cm³/mol. The van der Waals surface area contributed by atoms with Crippen LogP contribution in [0.4, 0.5) is 0 Å². The maximum Gasteiger partial charge on any atom is 0.159 e. The molecular weight excluding hydrogens is 268 g/mol. The van der Waals surface area contributed by atoms with E-state index in [0.29, 0.717) is 32.0 Å². The molecule has 4 heteroatoms. The van der Waals surface area contributed by atoms with Crippen molar-refractivity contribution in [3.8, 4) is 5.75 Å². The molecule has 0 heterocycles. The molecule has 0 aromatic heterocycles. The van der Waals surface area contributed by atoms with Gasteiger partial charge in [0, 0.05) is 11.1 Å². The van der Waals surface area contributed by atoms with Gasteiger partial charge in [0.05, 0.1) is 32.0 Å². The van der Waals surface area contributed by atoms with E-state index >= 15 is 0 Å². The second kappa shape index (κ2) is 8.15. The third-order valence-electron chi connectivity index (χ3n) is 2.79. The molecule has 1 aromatic rings. The number of ketones is 1. The summed E-state index contributed by atoms with van der Waals surface area (Å²) >= 11 is 0. The molecule has 0 spiro atoms. The van der Waals surface area contributed by atoms with E-state index in [1.54, 1.807) is 13.0 Å². The summed E-state index contributed by atoms with van der Waals surface area (Å²) in [6.07, 6.45) is 0. The minimum Gasteiger partial charge on any atom is -0.494 e. The van der Waals surface area contributed by atoms with Crippen LogP contribution in [0, 0.1) is 0 Å². The van der Waals surface area contributed by atoms with Crippen LogP contribution in [0.3, 0.4) is 0 Å². The normalized spacial score (nSPS) is 11.5. The minimum absolute atomic E-state index is 0.0374. The van der Waals surface area contributed by atoms with Gasteiger partial charge in [0.15, 0.2) is 5.78 Å². The summed E-state index contributed by atoms with van der Waals surface area (Å²) in [7, 11) is 0. The number of carbonyl (C=O) groups is 1. The summed E-state index contributed by atoms with van der Waals surface area (Å²) < 4.78 is 16.8. The van der Waals surface area contributed by atoms with Crippen LogP contribution in [-0.4, -0.2) is 31.2 Å². The van der Waals surface area contributed by atoms with Gasteiger partial charge < -0.3 is 14.2 Å². The van der Waals surface area contributed by atoms with Gasteiger partial charge in [-0.1, -0.05) is 0 Å². The standard InChI is InChI=1S/C17H26O4/c1-6-20-16-8-7-14(13(2)18)11-15(16)12-19-9-10-21-17(3,4)5/h7-8,11H,6,9-10,12H2,1-5H3. The highest BCUT2D eigenvalue weighted by Crippen LogP contribution is 2.21. The molecule has 0 aliphatic carbocycles. The van der Waals surface area contributed by atoms with Gasteiger partial charge in [-0.2, -0.15) is 0 Å². The van der Waals surface area contributed by atoms with Crippen LogP contribution in [0.15, 0.2) is 18.2 Å². The van der Waals surface area contributed by atoms with Gasteiger partial charge in [0.1, 0.15) is 5.75 Å². The van der Waals surface area contributed by atoms with Crippen LogP contribution in [0.2, 0.25) is 0 Å². The number of ether oxygens (including phenoxy) is 3. The monoisotopic (exact) mass is 294 g/mol. The molecule has 0 radical (unpaired) electrons. The highest BCUT2D eigenvalue weighted by atomic mass is 16.5. The summed E-state index contributed by atoms with van der Waals surface area (Å²) in [5.41, 5.74) is 1.40. The summed E-state index contributed by atoms with van der Waals surface area (Å²) in [6, 6.07) is 5.43. The zero-order valence-electron chi connectivity index (χ0n) is 13.7. The number of rotatable bonds is 8. The van der Waals surface area contributed by atoms with E-state index in [0.717, 1.165) is 11.3 Å². The zero-order chi connectivity index (χ0) is 15.9. The van der Waals surface area contributed by atoms with E-state index in [9.17, 15) is 4.79 Å². The van der Waals surface area contributed by atoms with E-state index < -0.39 is 0 Å². The van der Waals surface area contributed by atoms with Crippen LogP contribution < -0.4 is 4.74 Å². The first kappa shape index (κ1) is 17.7. The number of Topliss-reactive ketones (excluding diaryl/α,β-unsaturated/α-hetero) is 1. The van der Waals surface area contributed by atoms with Crippen LogP contribution in [-0.2, 0) is 16.1 Å². The third-order valence-corrected chi connectivity index (χ3v) is 2.79. The Morgan fingerprint density at radius 3 is 2.48 bits per heavy atom. The molecule has 4 nitrogen and oxygen atoms in total. The zero-order valence-corrected chi connectivity index (χ0v) is 13.7. The molecule has 118 valence electrons. The molecular formula is C17H26O4. The molecule has 21 heavy (non-hydrogen) atoms. The number of carbonyl (C=O) groups excluding carboxylic acids is 1. The Morgan fingerprint density at radius 1 is 1.19 bits per heavy atom. The predicted octanol–water partition coefficient (Wildman–Crippen LogP) is 3.62. The molecule has 0 N–H and O–H groups in total. The van der Waals surface area contributed by atoms with Crippen LogP contribution in [0.5, 0.6) is 5.75 Å². The Morgan fingerprint density at radius 2 is 1.90 bits per heavy atom. The molecule has 0 aliphatic heterocycles. The highest BCUT2D eigenvalue weighted by Gasteiger charge is 2.10. The lowest BCUT2D eigenvalue weighted by Crippen LogP contribution is -2.21. The molecule has 1 rings (SSSR count). The van der Waals surface area contributed by atoms with Gasteiger partial charge in [-0.05, 0) is 52.8 Å². The van der Waals surface area contributed by atoms with Gasteiger partial charge >= 0.3 is 0 Å². The van der Waals surface area contributed by atoms with E-state index in [4.69, 9.17) is 14.2 Å². The molecule has 0 atom stereocenters. The van der Waals surface area contributed by atoms with E-state index in [1.165, 1.54) is 0 Å². The molecule has 0 saturated heterocycles. The molecule has 0 aliphatic rings. The maximum atomic E-state index is 11.5. The average Bonchev–Trinajstić information content (AvgIpc) is 2.38. The number of hydrogen-bond acceptors (Lipinski definition) is 4. The molecule has 0 unspecified atom stereocenters. The van der Waals surface area contributed by atoms with E-state index in [1.807, 2.05) is 39.8 Å². The smallest absolute Gasteiger partial charge is 0.159 e. The summed E-state index contributed by atoms with van der Waals surface area (Å²) in [6.45, 7) is 11.6. The average molecular weight is 294 g/mol. The lowest BCUT2D eigenvalue weighted by atomic mass is 10.1. The van der Waals surface area contributed by atoms with Gasteiger partial charge in [-0.3, -0.25) is 4.79 Å². The first-order valence-corrected chi connectivity index (χ1v) is 7.32. The number of benzene rings is 1. The lowest BCUT2D eigenvalue weighted by molar-refractivity contribution is -0.0378. The van der Waals surface area contributed by atoms with E-state index in [-0.39, 0.29) is 11.4 Å². The Hall–Kier alpha value is -1.39. The Balaban J connectivity index is 2.59. The van der Waals surface area contributed by atoms with Crippen molar-refractivity contribution in [2.24, 2.45) is 0 Å². The molecule has 0 saturated carbocycles. The largest absolute Gasteiger partial charge is 0.494 e. The maximum absolute atomic E-state index is 11.5. The van der Waals surface area contributed by atoms with Gasteiger partial charge in [0.2, 0.25) is 0 Å². The molecule has 1 aromatic carbocycles. The highest BCUT2D eigenvalue weighted by molar-refractivity contribution is 5.94. The van der Waals surface area contributed by atoms with Crippen LogP contribution in [0.1, 0.15) is 50.5 Å². The van der Waals surface area contributed by atoms with Crippen molar-refractivity contribution in [2.75, 3.05) is 19.8 Å².